The summed E-state index contributed by atoms with van der Waals surface area (Å²) in [5.41, 5.74) is 2.66. The van der Waals surface area contributed by atoms with Gasteiger partial charge in [0.2, 0.25) is 5.91 Å². The highest BCUT2D eigenvalue weighted by Gasteiger charge is 2.28. The van der Waals surface area contributed by atoms with Crippen LogP contribution in [0.4, 0.5) is 0 Å². The van der Waals surface area contributed by atoms with Gasteiger partial charge in [0.1, 0.15) is 0 Å². The zero-order valence-electron chi connectivity index (χ0n) is 13.1. The molecule has 0 spiro atoms. The van der Waals surface area contributed by atoms with Gasteiger partial charge in [0.15, 0.2) is 0 Å². The maximum atomic E-state index is 12.3. The Morgan fingerprint density at radius 1 is 1.24 bits per heavy atom. The zero-order chi connectivity index (χ0) is 15.4. The predicted molar refractivity (Wildman–Crippen MR) is 83.2 cm³/mol. The van der Waals surface area contributed by atoms with Crippen molar-refractivity contribution in [2.75, 3.05) is 13.6 Å². The van der Waals surface area contributed by atoms with E-state index in [0.717, 1.165) is 36.9 Å². The van der Waals surface area contributed by atoms with E-state index < -0.39 is 0 Å². The smallest absolute Gasteiger partial charge is 0.260 e. The van der Waals surface area contributed by atoms with Crippen molar-refractivity contribution >= 4 is 11.8 Å². The number of amides is 2. The van der Waals surface area contributed by atoms with Crippen molar-refractivity contribution < 1.29 is 9.59 Å². The number of benzene rings is 1. The molecule has 21 heavy (non-hydrogen) atoms. The first-order valence-corrected chi connectivity index (χ1v) is 7.75. The van der Waals surface area contributed by atoms with Crippen LogP contribution in [0.5, 0.6) is 0 Å². The summed E-state index contributed by atoms with van der Waals surface area (Å²) in [6.45, 7) is 5.28. The van der Waals surface area contributed by atoms with Crippen molar-refractivity contribution in [1.29, 1.82) is 0 Å². The predicted octanol–water partition coefficient (Wildman–Crippen LogP) is 2.68. The Labute approximate surface area is 126 Å². The molecule has 1 aliphatic heterocycles. The molecule has 1 aromatic carbocycles. The average Bonchev–Trinajstić information content (AvgIpc) is 2.49. The lowest BCUT2D eigenvalue weighted by atomic mass is 9.93. The number of nitrogens with zero attached hydrogens (tertiary/aromatic N) is 1. The van der Waals surface area contributed by atoms with Crippen molar-refractivity contribution in [1.82, 2.24) is 10.2 Å². The van der Waals surface area contributed by atoms with E-state index in [1.165, 1.54) is 4.90 Å². The second kappa shape index (κ2) is 6.85. The first kappa shape index (κ1) is 15.7. The molecule has 2 rings (SSSR count). The van der Waals surface area contributed by atoms with Crippen LogP contribution in [0.15, 0.2) is 18.2 Å². The molecule has 1 aliphatic rings. The van der Waals surface area contributed by atoms with Crippen molar-refractivity contribution in [3.8, 4) is 0 Å². The summed E-state index contributed by atoms with van der Waals surface area (Å²) < 4.78 is 0. The summed E-state index contributed by atoms with van der Waals surface area (Å²) in [5, 5.41) is 3.54. The molecule has 114 valence electrons. The molecule has 0 bridgehead atoms. The number of nitrogens with one attached hydrogen (secondary N) is 1. The van der Waals surface area contributed by atoms with Gasteiger partial charge < -0.3 is 5.32 Å². The summed E-state index contributed by atoms with van der Waals surface area (Å²) in [5.74, 6) is -0.316. The van der Waals surface area contributed by atoms with Crippen LogP contribution in [0.1, 0.15) is 60.6 Å². The fraction of sp³-hybridized carbons (Fsp3) is 0.529. The summed E-state index contributed by atoms with van der Waals surface area (Å²) in [4.78, 5) is 25.2. The molecule has 0 aromatic heterocycles. The highest BCUT2D eigenvalue weighted by molar-refractivity contribution is 6.09. The molecule has 1 heterocycles. The van der Waals surface area contributed by atoms with Crippen LogP contribution in [0.3, 0.4) is 0 Å². The summed E-state index contributed by atoms with van der Waals surface area (Å²) in [7, 11) is 1.55. The second-order valence-electron chi connectivity index (χ2n) is 5.65. The molecule has 0 radical (unpaired) electrons. The van der Waals surface area contributed by atoms with E-state index in [0.29, 0.717) is 12.0 Å². The fourth-order valence-corrected chi connectivity index (χ4v) is 2.73. The van der Waals surface area contributed by atoms with E-state index in [1.54, 1.807) is 7.05 Å². The Kier molecular flexibility index (Phi) is 5.12. The molecule has 1 N–H and O–H groups in total. The molecule has 2 amide bonds. The molecule has 0 aliphatic carbocycles. The summed E-state index contributed by atoms with van der Waals surface area (Å²) >= 11 is 0. The van der Waals surface area contributed by atoms with Gasteiger partial charge in [-0.05, 0) is 36.6 Å². The van der Waals surface area contributed by atoms with Crippen LogP contribution >= 0.6 is 0 Å². The number of likely N-dealkylation sites (N-methyl/N-ethyl adjacent to an activating group) is 1. The molecular formula is C17H24N2O2. The number of fused-ring (bicyclic) bond motifs is 1. The van der Waals surface area contributed by atoms with Gasteiger partial charge in [0.25, 0.3) is 5.91 Å². The van der Waals surface area contributed by atoms with Crippen molar-refractivity contribution in [2.24, 2.45) is 0 Å². The highest BCUT2D eigenvalue weighted by Crippen LogP contribution is 2.25. The number of imide groups is 1. The van der Waals surface area contributed by atoms with Gasteiger partial charge >= 0.3 is 0 Å². The van der Waals surface area contributed by atoms with E-state index >= 15 is 0 Å². The Bertz CT molecular complexity index is 540. The molecular weight excluding hydrogens is 264 g/mol. The highest BCUT2D eigenvalue weighted by atomic mass is 16.2. The van der Waals surface area contributed by atoms with Gasteiger partial charge in [-0.3, -0.25) is 14.5 Å². The van der Waals surface area contributed by atoms with Crippen molar-refractivity contribution in [2.45, 2.75) is 45.6 Å². The van der Waals surface area contributed by atoms with E-state index in [4.69, 9.17) is 0 Å². The van der Waals surface area contributed by atoms with Crippen LogP contribution in [0.2, 0.25) is 0 Å². The number of hydrogen-bond donors (Lipinski definition) is 1. The molecule has 1 aromatic rings. The Morgan fingerprint density at radius 3 is 2.67 bits per heavy atom. The number of carbonyl (C=O) groups excluding carboxylic acids is 2. The molecule has 4 heteroatoms. The summed E-state index contributed by atoms with van der Waals surface area (Å²) in [6.07, 6.45) is 3.53. The normalized spacial score (nSPS) is 16.0. The Balaban J connectivity index is 2.30. The third-order valence-corrected chi connectivity index (χ3v) is 4.01. The van der Waals surface area contributed by atoms with E-state index in [9.17, 15) is 9.59 Å². The van der Waals surface area contributed by atoms with Crippen LogP contribution in [-0.2, 0) is 11.2 Å². The Morgan fingerprint density at radius 2 is 2.00 bits per heavy atom. The van der Waals surface area contributed by atoms with E-state index in [2.05, 4.69) is 19.2 Å². The van der Waals surface area contributed by atoms with Crippen LogP contribution < -0.4 is 5.32 Å². The van der Waals surface area contributed by atoms with Gasteiger partial charge in [-0.15, -0.1) is 0 Å². The number of rotatable bonds is 6. The van der Waals surface area contributed by atoms with Gasteiger partial charge in [-0.1, -0.05) is 32.4 Å². The first-order valence-electron chi connectivity index (χ1n) is 7.75. The van der Waals surface area contributed by atoms with Crippen LogP contribution in [0, 0.1) is 0 Å². The minimum atomic E-state index is -0.186. The SMILES string of the molecule is CCCNC(CCC)c1ccc2c(c1)C(=O)N(C)C(=O)C2. The second-order valence-corrected chi connectivity index (χ2v) is 5.65. The van der Waals surface area contributed by atoms with Gasteiger partial charge in [-0.2, -0.15) is 0 Å². The molecule has 0 saturated carbocycles. The van der Waals surface area contributed by atoms with Gasteiger partial charge in [0.05, 0.1) is 6.42 Å². The topological polar surface area (TPSA) is 49.4 Å². The fourth-order valence-electron chi connectivity index (χ4n) is 2.73. The lowest BCUT2D eigenvalue weighted by Gasteiger charge is -2.25. The van der Waals surface area contributed by atoms with E-state index in [-0.39, 0.29) is 17.9 Å². The van der Waals surface area contributed by atoms with E-state index in [1.807, 2.05) is 18.2 Å². The van der Waals surface area contributed by atoms with Gasteiger partial charge in [-0.25, -0.2) is 0 Å². The van der Waals surface area contributed by atoms with Crippen molar-refractivity contribution in [3.63, 3.8) is 0 Å². The maximum absolute atomic E-state index is 12.3. The minimum absolute atomic E-state index is 0.130. The maximum Gasteiger partial charge on any atom is 0.260 e. The first-order chi connectivity index (χ1) is 10.1. The summed E-state index contributed by atoms with van der Waals surface area (Å²) in [6, 6.07) is 6.22. The lowest BCUT2D eigenvalue weighted by molar-refractivity contribution is -0.127. The average molecular weight is 288 g/mol. The minimum Gasteiger partial charge on any atom is -0.310 e. The molecule has 0 fully saturated rings. The molecule has 0 saturated heterocycles. The van der Waals surface area contributed by atoms with Crippen LogP contribution in [-0.4, -0.2) is 30.3 Å². The molecule has 4 nitrogen and oxygen atoms in total. The largest absolute Gasteiger partial charge is 0.310 e. The number of carbonyl (C=O) groups is 2. The third-order valence-electron chi connectivity index (χ3n) is 4.01. The zero-order valence-corrected chi connectivity index (χ0v) is 13.1. The standard InChI is InChI=1S/C17H24N2O2/c1-4-6-15(18-9-5-2)13-8-7-12-11-16(20)19(3)17(21)14(12)10-13/h7-8,10,15,18H,4-6,9,11H2,1-3H3. The lowest BCUT2D eigenvalue weighted by Crippen LogP contribution is -2.39. The third kappa shape index (κ3) is 3.32. The quantitative estimate of drug-likeness (QED) is 0.819. The molecule has 1 atom stereocenters. The Hall–Kier alpha value is -1.68. The monoisotopic (exact) mass is 288 g/mol. The van der Waals surface area contributed by atoms with Crippen LogP contribution in [0.25, 0.3) is 0 Å². The van der Waals surface area contributed by atoms with Gasteiger partial charge in [0, 0.05) is 18.7 Å². The van der Waals surface area contributed by atoms with Crippen molar-refractivity contribution in [3.05, 3.63) is 34.9 Å². The number of hydrogen-bond acceptors (Lipinski definition) is 3. The molecule has 1 unspecified atom stereocenters.